The summed E-state index contributed by atoms with van der Waals surface area (Å²) >= 11 is 0. The van der Waals surface area contributed by atoms with Crippen LogP contribution in [0.25, 0.3) is 0 Å². The Morgan fingerprint density at radius 3 is 2.32 bits per heavy atom. The Morgan fingerprint density at radius 1 is 0.955 bits per heavy atom. The molecule has 130 valence electrons. The van der Waals surface area contributed by atoms with E-state index in [4.69, 9.17) is 5.11 Å². The number of carbonyl (C=O) groups is 1. The highest BCUT2D eigenvalue weighted by molar-refractivity contribution is 5.66. The highest BCUT2D eigenvalue weighted by Crippen LogP contribution is 2.11. The quantitative estimate of drug-likeness (QED) is 0.315. The lowest BCUT2D eigenvalue weighted by molar-refractivity contribution is -0.137. The number of hydrogen-bond acceptors (Lipinski definition) is 3. The number of aliphatic hydroxyl groups excluding tert-OH is 2. The molecule has 4 heteroatoms. The molecule has 2 atom stereocenters. The second kappa shape index (κ2) is 15.0. The molecule has 0 heterocycles. The monoisotopic (exact) mass is 314 g/mol. The zero-order valence-electron chi connectivity index (χ0n) is 14.0. The van der Waals surface area contributed by atoms with Gasteiger partial charge in [-0.15, -0.1) is 0 Å². The molecule has 0 fully saturated rings. The van der Waals surface area contributed by atoms with Crippen LogP contribution >= 0.6 is 0 Å². The third kappa shape index (κ3) is 15.5. The summed E-state index contributed by atoms with van der Waals surface area (Å²) in [6.07, 6.45) is 13.6. The number of unbranched alkanes of at least 4 members (excludes halogenated alkanes) is 6. The van der Waals surface area contributed by atoms with Crippen molar-refractivity contribution in [2.45, 2.75) is 96.2 Å². The molecule has 0 aromatic carbocycles. The van der Waals surface area contributed by atoms with Crippen LogP contribution in [0.3, 0.4) is 0 Å². The van der Waals surface area contributed by atoms with Gasteiger partial charge in [0.1, 0.15) is 0 Å². The van der Waals surface area contributed by atoms with Gasteiger partial charge in [0, 0.05) is 6.42 Å². The topological polar surface area (TPSA) is 77.8 Å². The molecule has 0 saturated carbocycles. The van der Waals surface area contributed by atoms with Gasteiger partial charge in [-0.05, 0) is 38.5 Å². The Labute approximate surface area is 135 Å². The fraction of sp³-hybridized carbons (Fsp3) is 0.833. The minimum atomic E-state index is -0.829. The Morgan fingerprint density at radius 2 is 1.64 bits per heavy atom. The van der Waals surface area contributed by atoms with E-state index in [1.807, 2.05) is 12.2 Å². The molecule has 22 heavy (non-hydrogen) atoms. The molecule has 2 unspecified atom stereocenters. The first-order valence-electron chi connectivity index (χ1n) is 8.80. The third-order valence-electron chi connectivity index (χ3n) is 3.81. The highest BCUT2D eigenvalue weighted by atomic mass is 16.4. The summed E-state index contributed by atoms with van der Waals surface area (Å²) in [4.78, 5) is 10.4. The van der Waals surface area contributed by atoms with Crippen molar-refractivity contribution in [2.24, 2.45) is 0 Å². The van der Waals surface area contributed by atoms with Crippen LogP contribution in [0, 0.1) is 0 Å². The van der Waals surface area contributed by atoms with E-state index < -0.39 is 18.2 Å². The summed E-state index contributed by atoms with van der Waals surface area (Å²) < 4.78 is 0. The first kappa shape index (κ1) is 21.1. The second-order valence-electron chi connectivity index (χ2n) is 6.07. The van der Waals surface area contributed by atoms with E-state index in [9.17, 15) is 15.0 Å². The van der Waals surface area contributed by atoms with Crippen LogP contribution in [0.4, 0.5) is 0 Å². The Hall–Kier alpha value is -0.870. The van der Waals surface area contributed by atoms with Gasteiger partial charge in [-0.3, -0.25) is 4.79 Å². The number of carboxylic acids is 1. The fourth-order valence-corrected chi connectivity index (χ4v) is 2.39. The number of aliphatic carboxylic acids is 1. The van der Waals surface area contributed by atoms with Crippen molar-refractivity contribution < 1.29 is 20.1 Å². The first-order valence-corrected chi connectivity index (χ1v) is 8.80. The average Bonchev–Trinajstić information content (AvgIpc) is 2.47. The van der Waals surface area contributed by atoms with E-state index in [2.05, 4.69) is 6.92 Å². The number of aliphatic hydroxyl groups is 2. The lowest BCUT2D eigenvalue weighted by Gasteiger charge is -2.11. The van der Waals surface area contributed by atoms with Crippen molar-refractivity contribution in [2.75, 3.05) is 0 Å². The van der Waals surface area contributed by atoms with E-state index in [1.165, 1.54) is 38.5 Å². The van der Waals surface area contributed by atoms with Gasteiger partial charge in [0.25, 0.3) is 0 Å². The maximum absolute atomic E-state index is 10.4. The Kier molecular flexibility index (Phi) is 14.4. The molecule has 0 aromatic rings. The van der Waals surface area contributed by atoms with Gasteiger partial charge in [0.2, 0.25) is 0 Å². The van der Waals surface area contributed by atoms with E-state index in [0.717, 1.165) is 6.42 Å². The second-order valence-corrected chi connectivity index (χ2v) is 6.07. The summed E-state index contributed by atoms with van der Waals surface area (Å²) in [6.45, 7) is 2.22. The minimum absolute atomic E-state index is 0.0950. The Balaban J connectivity index is 3.49. The molecule has 0 spiro atoms. The molecular weight excluding hydrogens is 280 g/mol. The van der Waals surface area contributed by atoms with Gasteiger partial charge < -0.3 is 15.3 Å². The molecule has 0 aliphatic carbocycles. The number of carboxylic acid groups (broad SMARTS) is 1. The molecule has 0 radical (unpaired) electrons. The molecule has 0 bridgehead atoms. The zero-order valence-corrected chi connectivity index (χ0v) is 14.0. The smallest absolute Gasteiger partial charge is 0.303 e. The van der Waals surface area contributed by atoms with Crippen LogP contribution in [0.1, 0.15) is 84.0 Å². The van der Waals surface area contributed by atoms with Crippen molar-refractivity contribution in [3.05, 3.63) is 12.2 Å². The summed E-state index contributed by atoms with van der Waals surface area (Å²) in [5.74, 6) is -0.829. The zero-order chi connectivity index (χ0) is 16.6. The van der Waals surface area contributed by atoms with E-state index in [-0.39, 0.29) is 6.42 Å². The van der Waals surface area contributed by atoms with Crippen molar-refractivity contribution >= 4 is 5.97 Å². The molecule has 0 rings (SSSR count). The molecular formula is C18H34O4. The minimum Gasteiger partial charge on any atom is -0.481 e. The van der Waals surface area contributed by atoms with Crippen LogP contribution in [0.2, 0.25) is 0 Å². The molecule has 0 amide bonds. The molecule has 0 saturated heterocycles. The van der Waals surface area contributed by atoms with Gasteiger partial charge in [-0.2, -0.15) is 0 Å². The summed E-state index contributed by atoms with van der Waals surface area (Å²) in [5.41, 5.74) is 0. The lowest BCUT2D eigenvalue weighted by atomic mass is 10.0. The number of rotatable bonds is 15. The molecule has 4 nitrogen and oxygen atoms in total. The van der Waals surface area contributed by atoms with Gasteiger partial charge in [0.15, 0.2) is 0 Å². The van der Waals surface area contributed by atoms with Gasteiger partial charge in [-0.1, -0.05) is 51.2 Å². The van der Waals surface area contributed by atoms with Crippen molar-refractivity contribution in [1.29, 1.82) is 0 Å². The standard InChI is InChI=1S/C18H34O4/c1-2-3-4-5-6-7-8-9-11-16(19)14-15-17(20)12-10-13-18(21)22/h9,11,16-17,19-20H,2-8,10,12-15H2,1H3,(H,21,22). The number of allylic oxidation sites excluding steroid dienone is 1. The fourth-order valence-electron chi connectivity index (χ4n) is 2.39. The predicted molar refractivity (Wildman–Crippen MR) is 89.9 cm³/mol. The van der Waals surface area contributed by atoms with E-state index >= 15 is 0 Å². The lowest BCUT2D eigenvalue weighted by Crippen LogP contribution is -2.12. The van der Waals surface area contributed by atoms with E-state index in [0.29, 0.717) is 25.7 Å². The summed E-state index contributed by atoms with van der Waals surface area (Å²) in [7, 11) is 0. The first-order chi connectivity index (χ1) is 10.6. The van der Waals surface area contributed by atoms with Crippen LogP contribution in [-0.4, -0.2) is 33.5 Å². The average molecular weight is 314 g/mol. The molecule has 0 aliphatic rings. The highest BCUT2D eigenvalue weighted by Gasteiger charge is 2.08. The predicted octanol–water partition coefficient (Wildman–Crippen LogP) is 4.05. The van der Waals surface area contributed by atoms with Crippen LogP contribution in [-0.2, 0) is 4.79 Å². The summed E-state index contributed by atoms with van der Waals surface area (Å²) in [5, 5.41) is 28.0. The normalized spacial score (nSPS) is 14.3. The van der Waals surface area contributed by atoms with Gasteiger partial charge in [0.05, 0.1) is 12.2 Å². The van der Waals surface area contributed by atoms with Gasteiger partial charge in [-0.25, -0.2) is 0 Å². The number of hydrogen-bond donors (Lipinski definition) is 3. The SMILES string of the molecule is CCCCCCCCC=CC(O)CCC(O)CCCC(=O)O. The van der Waals surface area contributed by atoms with Crippen LogP contribution < -0.4 is 0 Å². The maximum Gasteiger partial charge on any atom is 0.303 e. The Bertz CT molecular complexity index is 289. The molecule has 0 aromatic heterocycles. The molecule has 3 N–H and O–H groups in total. The van der Waals surface area contributed by atoms with Crippen LogP contribution in [0.5, 0.6) is 0 Å². The van der Waals surface area contributed by atoms with E-state index in [1.54, 1.807) is 0 Å². The van der Waals surface area contributed by atoms with Crippen molar-refractivity contribution in [1.82, 2.24) is 0 Å². The largest absolute Gasteiger partial charge is 0.481 e. The third-order valence-corrected chi connectivity index (χ3v) is 3.81. The summed E-state index contributed by atoms with van der Waals surface area (Å²) in [6, 6.07) is 0. The van der Waals surface area contributed by atoms with Crippen molar-refractivity contribution in [3.8, 4) is 0 Å². The maximum atomic E-state index is 10.4. The molecule has 0 aliphatic heterocycles. The van der Waals surface area contributed by atoms with Gasteiger partial charge >= 0.3 is 5.97 Å². The van der Waals surface area contributed by atoms with Crippen molar-refractivity contribution in [3.63, 3.8) is 0 Å². The van der Waals surface area contributed by atoms with Crippen LogP contribution in [0.15, 0.2) is 12.2 Å².